The van der Waals surface area contributed by atoms with Gasteiger partial charge < -0.3 is 10.6 Å². The van der Waals surface area contributed by atoms with Crippen molar-refractivity contribution in [3.05, 3.63) is 69.9 Å². The van der Waals surface area contributed by atoms with E-state index in [1.54, 1.807) is 11.3 Å². The number of benzene rings is 1. The number of hydrogen-bond acceptors (Lipinski definition) is 4. The number of aryl methyl sites for hydroxylation is 2. The Balaban J connectivity index is 1.68. The Morgan fingerprint density at radius 1 is 1.19 bits per heavy atom. The van der Waals surface area contributed by atoms with Crippen molar-refractivity contribution in [2.24, 2.45) is 0 Å². The summed E-state index contributed by atoms with van der Waals surface area (Å²) in [6, 6.07) is 10.9. The molecule has 3 rings (SSSR count). The minimum Gasteiger partial charge on any atom is -0.345 e. The first-order chi connectivity index (χ1) is 12.9. The van der Waals surface area contributed by atoms with Crippen LogP contribution in [0.25, 0.3) is 0 Å². The first kappa shape index (κ1) is 18.8. The number of nitrogens with one attached hydrogen (secondary N) is 2. The molecule has 0 saturated carbocycles. The van der Waals surface area contributed by atoms with Crippen LogP contribution in [0.3, 0.4) is 0 Å². The lowest BCUT2D eigenvalue weighted by Crippen LogP contribution is -2.39. The fourth-order valence-corrected chi connectivity index (χ4v) is 3.55. The van der Waals surface area contributed by atoms with Gasteiger partial charge in [-0.1, -0.05) is 6.07 Å². The van der Waals surface area contributed by atoms with Crippen molar-refractivity contribution in [2.75, 3.05) is 11.9 Å². The molecule has 0 fully saturated rings. The van der Waals surface area contributed by atoms with Crippen LogP contribution in [0.1, 0.15) is 22.3 Å². The molecule has 8 heteroatoms. The van der Waals surface area contributed by atoms with E-state index >= 15 is 0 Å². The number of carbonyl (C=O) groups excluding carboxylic acids is 2. The van der Waals surface area contributed by atoms with Gasteiger partial charge in [0.2, 0.25) is 0 Å². The molecular weight excluding hydrogens is 367 g/mol. The molecule has 0 radical (unpaired) electrons. The van der Waals surface area contributed by atoms with Crippen molar-refractivity contribution in [3.8, 4) is 0 Å². The van der Waals surface area contributed by atoms with E-state index in [-0.39, 0.29) is 12.6 Å². The quantitative estimate of drug-likeness (QED) is 0.662. The Morgan fingerprint density at radius 3 is 2.52 bits per heavy atom. The molecule has 140 valence electrons. The van der Waals surface area contributed by atoms with Crippen LogP contribution < -0.4 is 10.6 Å². The SMILES string of the molecule is Cc1cc(C)n(C(CNC(=O)C(=O)Nc2ccc(F)cc2)c2cccs2)n1. The summed E-state index contributed by atoms with van der Waals surface area (Å²) in [4.78, 5) is 25.3. The number of carbonyl (C=O) groups is 2. The van der Waals surface area contributed by atoms with Gasteiger partial charge in [-0.05, 0) is 55.6 Å². The van der Waals surface area contributed by atoms with Gasteiger partial charge in [0, 0.05) is 22.8 Å². The molecule has 6 nitrogen and oxygen atoms in total. The topological polar surface area (TPSA) is 76.0 Å². The van der Waals surface area contributed by atoms with Crippen LogP contribution >= 0.6 is 11.3 Å². The summed E-state index contributed by atoms with van der Waals surface area (Å²) < 4.78 is 14.8. The van der Waals surface area contributed by atoms with Crippen LogP contribution in [-0.4, -0.2) is 28.1 Å². The predicted octanol–water partition coefficient (Wildman–Crippen LogP) is 3.04. The normalized spacial score (nSPS) is 11.8. The number of halogens is 1. The third kappa shape index (κ3) is 4.59. The van der Waals surface area contributed by atoms with E-state index in [9.17, 15) is 14.0 Å². The van der Waals surface area contributed by atoms with Crippen molar-refractivity contribution in [1.29, 1.82) is 0 Å². The zero-order valence-electron chi connectivity index (χ0n) is 14.9. The van der Waals surface area contributed by atoms with Crippen molar-refractivity contribution >= 4 is 28.8 Å². The largest absolute Gasteiger partial charge is 0.345 e. The van der Waals surface area contributed by atoms with Crippen molar-refractivity contribution in [3.63, 3.8) is 0 Å². The van der Waals surface area contributed by atoms with Gasteiger partial charge in [-0.25, -0.2) is 4.39 Å². The maximum Gasteiger partial charge on any atom is 0.313 e. The van der Waals surface area contributed by atoms with Gasteiger partial charge in [0.25, 0.3) is 0 Å². The fourth-order valence-electron chi connectivity index (χ4n) is 2.74. The second-order valence-corrected chi connectivity index (χ2v) is 7.05. The predicted molar refractivity (Wildman–Crippen MR) is 102 cm³/mol. The third-order valence-electron chi connectivity index (χ3n) is 3.98. The number of thiophene rings is 1. The van der Waals surface area contributed by atoms with E-state index in [1.807, 2.05) is 42.1 Å². The maximum absolute atomic E-state index is 12.9. The van der Waals surface area contributed by atoms with Gasteiger partial charge in [-0.3, -0.25) is 14.3 Å². The lowest BCUT2D eigenvalue weighted by atomic mass is 10.2. The first-order valence-corrected chi connectivity index (χ1v) is 9.23. The number of nitrogens with zero attached hydrogens (tertiary/aromatic N) is 2. The second-order valence-electron chi connectivity index (χ2n) is 6.07. The number of aromatic nitrogens is 2. The highest BCUT2D eigenvalue weighted by molar-refractivity contribution is 7.10. The lowest BCUT2D eigenvalue weighted by Gasteiger charge is -2.18. The summed E-state index contributed by atoms with van der Waals surface area (Å²) in [5, 5.41) is 11.6. The smallest absolute Gasteiger partial charge is 0.313 e. The van der Waals surface area contributed by atoms with E-state index in [2.05, 4.69) is 15.7 Å². The third-order valence-corrected chi connectivity index (χ3v) is 4.95. The Hall–Kier alpha value is -3.00. The molecule has 3 aromatic rings. The number of anilines is 1. The highest BCUT2D eigenvalue weighted by Gasteiger charge is 2.21. The zero-order chi connectivity index (χ0) is 19.4. The molecule has 0 aliphatic rings. The molecule has 27 heavy (non-hydrogen) atoms. The summed E-state index contributed by atoms with van der Waals surface area (Å²) >= 11 is 1.56. The molecule has 0 saturated heterocycles. The molecule has 2 N–H and O–H groups in total. The van der Waals surface area contributed by atoms with Crippen LogP contribution in [0.15, 0.2) is 47.8 Å². The van der Waals surface area contributed by atoms with Crippen LogP contribution in [0, 0.1) is 19.7 Å². The molecular formula is C19H19FN4O2S. The van der Waals surface area contributed by atoms with Crippen LogP contribution in [-0.2, 0) is 9.59 Å². The fraction of sp³-hybridized carbons (Fsp3) is 0.211. The molecule has 0 aliphatic heterocycles. The van der Waals surface area contributed by atoms with Gasteiger partial charge in [-0.15, -0.1) is 11.3 Å². The van der Waals surface area contributed by atoms with E-state index in [0.29, 0.717) is 5.69 Å². The molecule has 0 spiro atoms. The lowest BCUT2D eigenvalue weighted by molar-refractivity contribution is -0.136. The Morgan fingerprint density at radius 2 is 1.93 bits per heavy atom. The number of rotatable bonds is 5. The van der Waals surface area contributed by atoms with Gasteiger partial charge >= 0.3 is 11.8 Å². The molecule has 1 aromatic carbocycles. The summed E-state index contributed by atoms with van der Waals surface area (Å²) in [5.41, 5.74) is 2.20. The number of amides is 2. The first-order valence-electron chi connectivity index (χ1n) is 8.35. The number of hydrogen-bond donors (Lipinski definition) is 2. The molecule has 1 unspecified atom stereocenters. The van der Waals surface area contributed by atoms with Crippen molar-refractivity contribution in [2.45, 2.75) is 19.9 Å². The molecule has 2 aromatic heterocycles. The Bertz CT molecular complexity index is 935. The van der Waals surface area contributed by atoms with E-state index in [1.165, 1.54) is 24.3 Å². The maximum atomic E-state index is 12.9. The molecule has 1 atom stereocenters. The average Bonchev–Trinajstić information content (AvgIpc) is 3.27. The summed E-state index contributed by atoms with van der Waals surface area (Å²) in [6.07, 6.45) is 0. The van der Waals surface area contributed by atoms with Gasteiger partial charge in [0.1, 0.15) is 11.9 Å². The second kappa shape index (κ2) is 8.13. The minimum atomic E-state index is -0.806. The van der Waals surface area contributed by atoms with Crippen molar-refractivity contribution in [1.82, 2.24) is 15.1 Å². The Kier molecular flexibility index (Phi) is 5.66. The highest BCUT2D eigenvalue weighted by Crippen LogP contribution is 2.24. The van der Waals surface area contributed by atoms with E-state index < -0.39 is 17.6 Å². The minimum absolute atomic E-state index is 0.207. The standard InChI is InChI=1S/C19H19FN4O2S/c1-12-10-13(2)24(23-12)16(17-4-3-9-27-17)11-21-18(25)19(26)22-15-7-5-14(20)6-8-15/h3-10,16H,11H2,1-2H3,(H,21,25)(H,22,26). The summed E-state index contributed by atoms with van der Waals surface area (Å²) in [7, 11) is 0. The zero-order valence-corrected chi connectivity index (χ0v) is 15.7. The van der Waals surface area contributed by atoms with Crippen LogP contribution in [0.2, 0.25) is 0 Å². The van der Waals surface area contributed by atoms with Crippen LogP contribution in [0.4, 0.5) is 10.1 Å². The molecule has 0 aliphatic carbocycles. The van der Waals surface area contributed by atoms with Gasteiger partial charge in [-0.2, -0.15) is 5.10 Å². The van der Waals surface area contributed by atoms with E-state index in [0.717, 1.165) is 16.3 Å². The summed E-state index contributed by atoms with van der Waals surface area (Å²) in [6.45, 7) is 4.07. The monoisotopic (exact) mass is 386 g/mol. The highest BCUT2D eigenvalue weighted by atomic mass is 32.1. The van der Waals surface area contributed by atoms with E-state index in [4.69, 9.17) is 0 Å². The molecule has 2 heterocycles. The molecule has 0 bridgehead atoms. The van der Waals surface area contributed by atoms with Crippen LogP contribution in [0.5, 0.6) is 0 Å². The van der Waals surface area contributed by atoms with Gasteiger partial charge in [0.05, 0.1) is 5.69 Å². The summed E-state index contributed by atoms with van der Waals surface area (Å²) in [5.74, 6) is -1.98. The van der Waals surface area contributed by atoms with Crippen molar-refractivity contribution < 1.29 is 14.0 Å². The average molecular weight is 386 g/mol. The van der Waals surface area contributed by atoms with Gasteiger partial charge in [0.15, 0.2) is 0 Å². The molecule has 2 amide bonds. The Labute approximate surface area is 160 Å².